The summed E-state index contributed by atoms with van der Waals surface area (Å²) in [5.41, 5.74) is 6.03. The van der Waals surface area contributed by atoms with Crippen molar-refractivity contribution < 1.29 is 4.57 Å². The Morgan fingerprint density at radius 1 is 0.593 bits per heavy atom. The molecule has 3 nitrogen and oxygen atoms in total. The van der Waals surface area contributed by atoms with Crippen molar-refractivity contribution >= 4 is 12.2 Å². The fourth-order valence-electron chi connectivity index (χ4n) is 2.91. The van der Waals surface area contributed by atoms with Crippen LogP contribution in [-0.4, -0.2) is 9.97 Å². The minimum absolute atomic E-state index is 0.923. The van der Waals surface area contributed by atoms with Crippen molar-refractivity contribution in [1.29, 1.82) is 0 Å². The van der Waals surface area contributed by atoms with Crippen LogP contribution in [0.15, 0.2) is 97.8 Å². The molecule has 3 heteroatoms. The first-order valence-electron chi connectivity index (χ1n) is 8.94. The van der Waals surface area contributed by atoms with E-state index in [1.807, 2.05) is 24.5 Å². The number of rotatable bonds is 5. The van der Waals surface area contributed by atoms with Gasteiger partial charge in [0.25, 0.3) is 0 Å². The Kier molecular flexibility index (Phi) is 5.11. The van der Waals surface area contributed by atoms with Gasteiger partial charge in [-0.1, -0.05) is 24.3 Å². The van der Waals surface area contributed by atoms with E-state index in [0.29, 0.717) is 0 Å². The summed E-state index contributed by atoms with van der Waals surface area (Å²) in [6.45, 7) is 0. The van der Waals surface area contributed by atoms with E-state index in [1.165, 1.54) is 11.1 Å². The minimum Gasteiger partial charge on any atom is -0.265 e. The van der Waals surface area contributed by atoms with Crippen molar-refractivity contribution in [3.05, 3.63) is 120 Å². The molecule has 27 heavy (non-hydrogen) atoms. The molecule has 0 aliphatic carbocycles. The predicted octanol–water partition coefficient (Wildman–Crippen LogP) is 4.51. The predicted molar refractivity (Wildman–Crippen MR) is 108 cm³/mol. The lowest BCUT2D eigenvalue weighted by atomic mass is 10.1. The van der Waals surface area contributed by atoms with Crippen LogP contribution in [-0.2, 0) is 6.42 Å². The first kappa shape index (κ1) is 16.9. The molecule has 0 fully saturated rings. The van der Waals surface area contributed by atoms with Crippen molar-refractivity contribution in [2.24, 2.45) is 0 Å². The minimum atomic E-state index is 0.923. The summed E-state index contributed by atoms with van der Waals surface area (Å²) in [6, 6.07) is 21.0. The number of hydrogen-bond acceptors (Lipinski definition) is 2. The lowest BCUT2D eigenvalue weighted by Crippen LogP contribution is -2.29. The van der Waals surface area contributed by atoms with E-state index in [1.54, 1.807) is 12.4 Å². The summed E-state index contributed by atoms with van der Waals surface area (Å²) in [5, 5.41) is 0. The molecule has 0 radical (unpaired) electrons. The molecule has 0 aliphatic heterocycles. The molecule has 0 bridgehead atoms. The fourth-order valence-corrected chi connectivity index (χ4v) is 2.91. The van der Waals surface area contributed by atoms with Crippen LogP contribution in [0.5, 0.6) is 0 Å². The van der Waals surface area contributed by atoms with Gasteiger partial charge >= 0.3 is 0 Å². The van der Waals surface area contributed by atoms with Crippen LogP contribution in [0.4, 0.5) is 0 Å². The van der Waals surface area contributed by atoms with Crippen LogP contribution in [0.3, 0.4) is 0 Å². The third kappa shape index (κ3) is 4.53. The molecule has 0 atom stereocenters. The summed E-state index contributed by atoms with van der Waals surface area (Å²) in [4.78, 5) is 8.10. The highest BCUT2D eigenvalue weighted by molar-refractivity contribution is 5.68. The highest BCUT2D eigenvalue weighted by atomic mass is 14.9. The molecule has 3 heterocycles. The molecule has 0 saturated carbocycles. The zero-order valence-electron chi connectivity index (χ0n) is 14.9. The maximum Gasteiger partial charge on any atom is 0.210 e. The fraction of sp³-hybridized carbons (Fsp3) is 0.0417. The third-order valence-corrected chi connectivity index (χ3v) is 4.42. The topological polar surface area (TPSA) is 29.7 Å². The Hall–Kier alpha value is -3.59. The van der Waals surface area contributed by atoms with E-state index in [4.69, 9.17) is 0 Å². The van der Waals surface area contributed by atoms with Gasteiger partial charge in [0.2, 0.25) is 5.69 Å². The van der Waals surface area contributed by atoms with Gasteiger partial charge < -0.3 is 0 Å². The van der Waals surface area contributed by atoms with Crippen molar-refractivity contribution in [2.75, 3.05) is 0 Å². The Morgan fingerprint density at radius 3 is 1.74 bits per heavy atom. The van der Waals surface area contributed by atoms with E-state index in [-0.39, 0.29) is 0 Å². The van der Waals surface area contributed by atoms with E-state index in [2.05, 4.69) is 87.6 Å². The van der Waals surface area contributed by atoms with Crippen molar-refractivity contribution in [3.63, 3.8) is 0 Å². The first-order chi connectivity index (χ1) is 13.4. The van der Waals surface area contributed by atoms with Crippen LogP contribution in [0.1, 0.15) is 22.3 Å². The molecule has 0 aliphatic rings. The molecule has 0 saturated heterocycles. The maximum absolute atomic E-state index is 4.07. The van der Waals surface area contributed by atoms with Crippen molar-refractivity contribution in [1.82, 2.24) is 9.97 Å². The number of benzene rings is 1. The van der Waals surface area contributed by atoms with Gasteiger partial charge in [-0.25, -0.2) is 0 Å². The van der Waals surface area contributed by atoms with Crippen LogP contribution in [0.25, 0.3) is 17.8 Å². The second kappa shape index (κ2) is 8.19. The van der Waals surface area contributed by atoms with Gasteiger partial charge in [0, 0.05) is 49.1 Å². The zero-order valence-corrected chi connectivity index (χ0v) is 14.9. The van der Waals surface area contributed by atoms with Crippen LogP contribution >= 0.6 is 0 Å². The van der Waals surface area contributed by atoms with Gasteiger partial charge in [-0.15, -0.1) is 0 Å². The largest absolute Gasteiger partial charge is 0.265 e. The molecule has 0 spiro atoms. The molecule has 0 N–H and O–H groups in total. The maximum atomic E-state index is 4.07. The highest BCUT2D eigenvalue weighted by Gasteiger charge is 2.05. The van der Waals surface area contributed by atoms with Gasteiger partial charge in [-0.05, 0) is 52.9 Å². The summed E-state index contributed by atoms with van der Waals surface area (Å²) in [7, 11) is 0. The number of nitrogens with zero attached hydrogens (tertiary/aromatic N) is 3. The van der Waals surface area contributed by atoms with Gasteiger partial charge in [0.05, 0.1) is 0 Å². The average Bonchev–Trinajstić information content (AvgIpc) is 2.75. The van der Waals surface area contributed by atoms with Crippen LogP contribution < -0.4 is 4.57 Å². The molecular formula is C24H20N3+. The van der Waals surface area contributed by atoms with Crippen molar-refractivity contribution in [2.45, 2.75) is 6.42 Å². The summed E-state index contributed by atoms with van der Waals surface area (Å²) >= 11 is 0. The summed E-state index contributed by atoms with van der Waals surface area (Å²) < 4.78 is 2.12. The molecule has 0 amide bonds. The normalized spacial score (nSPS) is 11.0. The third-order valence-electron chi connectivity index (χ3n) is 4.42. The standard InChI is InChI=1S/C24H20N3/c1(20-7-13-25-14-8-20)2-21-11-17-27(18-12-21)24-5-3-22(4-6-24)19-23-9-15-26-16-10-23/h1-18H,19H2/q+1/b2-1+. The first-order valence-corrected chi connectivity index (χ1v) is 8.94. The zero-order chi connectivity index (χ0) is 18.3. The van der Waals surface area contributed by atoms with E-state index < -0.39 is 0 Å². The highest BCUT2D eigenvalue weighted by Crippen LogP contribution is 2.11. The lowest BCUT2D eigenvalue weighted by Gasteiger charge is -2.02. The van der Waals surface area contributed by atoms with E-state index in [0.717, 1.165) is 23.2 Å². The Morgan fingerprint density at radius 2 is 1.11 bits per heavy atom. The Bertz CT molecular complexity index is 1010. The number of hydrogen-bond donors (Lipinski definition) is 0. The van der Waals surface area contributed by atoms with E-state index in [9.17, 15) is 0 Å². The quantitative estimate of drug-likeness (QED) is 0.496. The molecule has 3 aromatic heterocycles. The second-order valence-corrected chi connectivity index (χ2v) is 6.35. The number of aromatic nitrogens is 3. The molecule has 4 rings (SSSR count). The summed E-state index contributed by atoms with van der Waals surface area (Å²) in [6.07, 6.45) is 16.6. The molecule has 130 valence electrons. The lowest BCUT2D eigenvalue weighted by molar-refractivity contribution is -0.595. The summed E-state index contributed by atoms with van der Waals surface area (Å²) in [5.74, 6) is 0. The molecule has 4 aromatic rings. The number of pyridine rings is 3. The van der Waals surface area contributed by atoms with Gasteiger partial charge in [0.15, 0.2) is 12.4 Å². The van der Waals surface area contributed by atoms with Gasteiger partial charge in [-0.3, -0.25) is 9.97 Å². The SMILES string of the molecule is C(=C\c1cc[n+](-c2ccc(Cc3ccncc3)cc2)cc1)/c1ccncc1. The van der Waals surface area contributed by atoms with Crippen LogP contribution in [0.2, 0.25) is 0 Å². The Balaban J connectivity index is 1.45. The van der Waals surface area contributed by atoms with Crippen molar-refractivity contribution in [3.8, 4) is 5.69 Å². The second-order valence-electron chi connectivity index (χ2n) is 6.35. The Labute approximate surface area is 159 Å². The molecule has 1 aromatic carbocycles. The van der Waals surface area contributed by atoms with Gasteiger partial charge in [-0.2, -0.15) is 4.57 Å². The van der Waals surface area contributed by atoms with Gasteiger partial charge in [0.1, 0.15) is 0 Å². The molecule has 0 unspecified atom stereocenters. The average molecular weight is 350 g/mol. The van der Waals surface area contributed by atoms with E-state index >= 15 is 0 Å². The van der Waals surface area contributed by atoms with Crippen LogP contribution in [0, 0.1) is 0 Å². The monoisotopic (exact) mass is 350 g/mol. The smallest absolute Gasteiger partial charge is 0.210 e. The molecular weight excluding hydrogens is 330 g/mol.